The van der Waals surface area contributed by atoms with Crippen LogP contribution in [0.4, 0.5) is 0 Å². The Morgan fingerprint density at radius 1 is 1.47 bits per heavy atom. The zero-order valence-electron chi connectivity index (χ0n) is 9.66. The molecule has 1 aromatic heterocycles. The Labute approximate surface area is 91.9 Å². The third-order valence-corrected chi connectivity index (χ3v) is 3.48. The number of aryl methyl sites for hydroxylation is 1. The van der Waals surface area contributed by atoms with Gasteiger partial charge < -0.3 is 5.73 Å². The van der Waals surface area contributed by atoms with Gasteiger partial charge in [0.05, 0.1) is 0 Å². The number of hydrogen-bond donors (Lipinski definition) is 1. The Kier molecular flexibility index (Phi) is 2.79. The molecule has 0 amide bonds. The molecule has 82 valence electrons. The van der Waals surface area contributed by atoms with Gasteiger partial charge in [0.25, 0.3) is 0 Å². The van der Waals surface area contributed by atoms with Crippen LogP contribution in [0.1, 0.15) is 43.7 Å². The van der Waals surface area contributed by atoms with Crippen molar-refractivity contribution in [3.8, 4) is 0 Å². The molecule has 15 heavy (non-hydrogen) atoms. The van der Waals surface area contributed by atoms with Crippen LogP contribution in [0.3, 0.4) is 0 Å². The fraction of sp³-hybridized carbons (Fsp3) is 0.615. The number of hydrogen-bond acceptors (Lipinski definition) is 2. The second-order valence-corrected chi connectivity index (χ2v) is 5.11. The lowest BCUT2D eigenvalue weighted by atomic mass is 9.73. The number of nitrogens with zero attached hydrogens (tertiary/aromatic N) is 1. The first-order valence-electron chi connectivity index (χ1n) is 5.81. The van der Waals surface area contributed by atoms with Crippen LogP contribution in [-0.2, 0) is 5.54 Å². The average Bonchev–Trinajstić information content (AvgIpc) is 2.17. The van der Waals surface area contributed by atoms with Gasteiger partial charge >= 0.3 is 0 Å². The van der Waals surface area contributed by atoms with Crippen molar-refractivity contribution >= 4 is 0 Å². The molecule has 2 atom stereocenters. The monoisotopic (exact) mass is 204 g/mol. The van der Waals surface area contributed by atoms with E-state index >= 15 is 0 Å². The molecular weight excluding hydrogens is 184 g/mol. The molecule has 0 bridgehead atoms. The summed E-state index contributed by atoms with van der Waals surface area (Å²) in [4.78, 5) is 4.25. The highest BCUT2D eigenvalue weighted by Gasteiger charge is 2.32. The molecule has 2 nitrogen and oxygen atoms in total. The molecule has 0 aromatic carbocycles. The minimum Gasteiger partial charge on any atom is -0.321 e. The summed E-state index contributed by atoms with van der Waals surface area (Å²) in [5.74, 6) is 0.740. The molecule has 0 aliphatic heterocycles. The summed E-state index contributed by atoms with van der Waals surface area (Å²) >= 11 is 0. The molecular formula is C13H20N2. The lowest BCUT2D eigenvalue weighted by Gasteiger charge is -2.37. The van der Waals surface area contributed by atoms with Crippen molar-refractivity contribution in [3.63, 3.8) is 0 Å². The predicted octanol–water partition coefficient (Wildman–Crippen LogP) is 2.75. The van der Waals surface area contributed by atoms with E-state index in [1.165, 1.54) is 24.0 Å². The molecule has 0 radical (unpaired) electrons. The van der Waals surface area contributed by atoms with E-state index in [1.54, 1.807) is 0 Å². The van der Waals surface area contributed by atoms with E-state index in [-0.39, 0.29) is 5.54 Å². The first kappa shape index (κ1) is 10.6. The number of nitrogens with two attached hydrogens (primary N) is 1. The maximum Gasteiger partial charge on any atom is 0.0427 e. The van der Waals surface area contributed by atoms with Crippen LogP contribution in [0.25, 0.3) is 0 Å². The lowest BCUT2D eigenvalue weighted by Crippen LogP contribution is -2.41. The third-order valence-electron chi connectivity index (χ3n) is 3.48. The van der Waals surface area contributed by atoms with E-state index in [9.17, 15) is 0 Å². The lowest BCUT2D eigenvalue weighted by molar-refractivity contribution is 0.238. The third kappa shape index (κ3) is 2.20. The highest BCUT2D eigenvalue weighted by Crippen LogP contribution is 2.37. The van der Waals surface area contributed by atoms with E-state index < -0.39 is 0 Å². The molecule has 1 aromatic rings. The summed E-state index contributed by atoms with van der Waals surface area (Å²) in [6.45, 7) is 4.37. The summed E-state index contributed by atoms with van der Waals surface area (Å²) in [6, 6.07) is 2.19. The molecule has 1 heterocycles. The molecule has 2 unspecified atom stereocenters. The van der Waals surface area contributed by atoms with Crippen molar-refractivity contribution in [1.82, 2.24) is 4.98 Å². The molecule has 2 rings (SSSR count). The van der Waals surface area contributed by atoms with Gasteiger partial charge in [-0.1, -0.05) is 25.8 Å². The largest absolute Gasteiger partial charge is 0.321 e. The van der Waals surface area contributed by atoms with Crippen LogP contribution in [0, 0.1) is 12.8 Å². The van der Waals surface area contributed by atoms with Crippen molar-refractivity contribution in [3.05, 3.63) is 29.6 Å². The predicted molar refractivity (Wildman–Crippen MR) is 62.5 cm³/mol. The van der Waals surface area contributed by atoms with Gasteiger partial charge in [0, 0.05) is 17.9 Å². The highest BCUT2D eigenvalue weighted by atomic mass is 14.8. The smallest absolute Gasteiger partial charge is 0.0427 e. The fourth-order valence-corrected chi connectivity index (χ4v) is 2.68. The van der Waals surface area contributed by atoms with Crippen LogP contribution < -0.4 is 5.73 Å². The first-order valence-corrected chi connectivity index (χ1v) is 5.81. The van der Waals surface area contributed by atoms with Gasteiger partial charge in [-0.2, -0.15) is 0 Å². The normalized spacial score (nSPS) is 31.5. The molecule has 0 saturated heterocycles. The zero-order chi connectivity index (χ0) is 10.9. The summed E-state index contributed by atoms with van der Waals surface area (Å²) < 4.78 is 0. The Morgan fingerprint density at radius 3 is 2.93 bits per heavy atom. The minimum absolute atomic E-state index is 0.128. The van der Waals surface area contributed by atoms with Crippen LogP contribution in [0.15, 0.2) is 18.5 Å². The number of pyridine rings is 1. The zero-order valence-corrected chi connectivity index (χ0v) is 9.66. The van der Waals surface area contributed by atoms with E-state index in [1.807, 2.05) is 12.4 Å². The van der Waals surface area contributed by atoms with E-state index in [0.29, 0.717) is 0 Å². The van der Waals surface area contributed by atoms with E-state index in [0.717, 1.165) is 18.8 Å². The van der Waals surface area contributed by atoms with Gasteiger partial charge in [-0.15, -0.1) is 0 Å². The standard InChI is InChI=1S/C13H20N2/c1-10-4-3-5-13(14,7-10)12-6-11(2)8-15-9-12/h6,8-10H,3-5,7,14H2,1-2H3. The van der Waals surface area contributed by atoms with Crippen LogP contribution in [-0.4, -0.2) is 4.98 Å². The van der Waals surface area contributed by atoms with E-state index in [2.05, 4.69) is 24.9 Å². The van der Waals surface area contributed by atoms with Gasteiger partial charge in [-0.05, 0) is 36.8 Å². The Hall–Kier alpha value is -0.890. The van der Waals surface area contributed by atoms with Crippen LogP contribution >= 0.6 is 0 Å². The number of aromatic nitrogens is 1. The summed E-state index contributed by atoms with van der Waals surface area (Å²) in [5.41, 5.74) is 8.79. The highest BCUT2D eigenvalue weighted by molar-refractivity contribution is 5.25. The van der Waals surface area contributed by atoms with Crippen LogP contribution in [0.5, 0.6) is 0 Å². The number of rotatable bonds is 1. The maximum absolute atomic E-state index is 6.50. The second kappa shape index (κ2) is 3.93. The van der Waals surface area contributed by atoms with E-state index in [4.69, 9.17) is 5.73 Å². The Balaban J connectivity index is 2.28. The van der Waals surface area contributed by atoms with Gasteiger partial charge in [-0.25, -0.2) is 0 Å². The van der Waals surface area contributed by atoms with Gasteiger partial charge in [-0.3, -0.25) is 4.98 Å². The molecule has 1 saturated carbocycles. The van der Waals surface area contributed by atoms with Crippen molar-refractivity contribution in [2.45, 2.75) is 45.1 Å². The quantitative estimate of drug-likeness (QED) is 0.764. The average molecular weight is 204 g/mol. The van der Waals surface area contributed by atoms with Crippen molar-refractivity contribution < 1.29 is 0 Å². The van der Waals surface area contributed by atoms with Crippen molar-refractivity contribution in [2.75, 3.05) is 0 Å². The molecule has 1 fully saturated rings. The molecule has 1 aliphatic rings. The summed E-state index contributed by atoms with van der Waals surface area (Å²) in [5, 5.41) is 0. The fourth-order valence-electron chi connectivity index (χ4n) is 2.68. The van der Waals surface area contributed by atoms with Crippen molar-refractivity contribution in [2.24, 2.45) is 11.7 Å². The van der Waals surface area contributed by atoms with Crippen molar-refractivity contribution in [1.29, 1.82) is 0 Å². The molecule has 1 aliphatic carbocycles. The second-order valence-electron chi connectivity index (χ2n) is 5.11. The molecule has 2 N–H and O–H groups in total. The minimum atomic E-state index is -0.128. The Morgan fingerprint density at radius 2 is 2.27 bits per heavy atom. The topological polar surface area (TPSA) is 38.9 Å². The SMILES string of the molecule is Cc1cncc(C2(N)CCCC(C)C2)c1. The maximum atomic E-state index is 6.50. The molecule has 2 heteroatoms. The molecule has 0 spiro atoms. The van der Waals surface area contributed by atoms with Gasteiger partial charge in [0.1, 0.15) is 0 Å². The van der Waals surface area contributed by atoms with Gasteiger partial charge in [0.2, 0.25) is 0 Å². The first-order chi connectivity index (χ1) is 7.10. The van der Waals surface area contributed by atoms with Crippen LogP contribution in [0.2, 0.25) is 0 Å². The summed E-state index contributed by atoms with van der Waals surface area (Å²) in [6.07, 6.45) is 8.58. The summed E-state index contributed by atoms with van der Waals surface area (Å²) in [7, 11) is 0. The Bertz CT molecular complexity index is 348. The van der Waals surface area contributed by atoms with Gasteiger partial charge in [0.15, 0.2) is 0 Å².